The Hall–Kier alpha value is -2.91. The van der Waals surface area contributed by atoms with Gasteiger partial charge >= 0.3 is 5.97 Å². The summed E-state index contributed by atoms with van der Waals surface area (Å²) in [5, 5.41) is 20.2. The number of thioether (sulfide) groups is 1. The highest BCUT2D eigenvalue weighted by molar-refractivity contribution is 7.99. The van der Waals surface area contributed by atoms with E-state index in [-0.39, 0.29) is 41.7 Å². The van der Waals surface area contributed by atoms with Crippen LogP contribution in [0.1, 0.15) is 35.2 Å². The third kappa shape index (κ3) is 7.06. The van der Waals surface area contributed by atoms with E-state index in [1.165, 1.54) is 6.07 Å². The highest BCUT2D eigenvalue weighted by Crippen LogP contribution is 2.29. The van der Waals surface area contributed by atoms with E-state index >= 15 is 0 Å². The normalized spacial score (nSPS) is 20.3. The van der Waals surface area contributed by atoms with Gasteiger partial charge in [0.15, 0.2) is 6.61 Å². The van der Waals surface area contributed by atoms with Gasteiger partial charge in [-0.2, -0.15) is 11.8 Å². The van der Waals surface area contributed by atoms with Crippen LogP contribution in [0.25, 0.3) is 6.08 Å². The van der Waals surface area contributed by atoms with E-state index < -0.39 is 5.97 Å². The number of carbonyl (C=O) groups excluding carboxylic acids is 2. The van der Waals surface area contributed by atoms with Gasteiger partial charge in [0.2, 0.25) is 0 Å². The monoisotopic (exact) mass is 460 g/mol. The molecule has 1 fully saturated rings. The van der Waals surface area contributed by atoms with Gasteiger partial charge < -0.3 is 19.8 Å². The quantitative estimate of drug-likeness (QED) is 0.358. The molecule has 1 aromatic rings. The largest absolute Gasteiger partial charge is 0.508 e. The molecule has 8 nitrogen and oxygen atoms in total. The van der Waals surface area contributed by atoms with Crippen LogP contribution in [0.4, 0.5) is 0 Å². The Morgan fingerprint density at radius 1 is 1.12 bits per heavy atom. The van der Waals surface area contributed by atoms with E-state index in [0.29, 0.717) is 25.2 Å². The molecule has 172 valence electrons. The van der Waals surface area contributed by atoms with Gasteiger partial charge in [0.05, 0.1) is 12.3 Å². The first-order valence-corrected chi connectivity index (χ1v) is 11.7. The zero-order valence-electron chi connectivity index (χ0n) is 17.8. The zero-order chi connectivity index (χ0) is 22.8. The molecule has 0 unspecified atom stereocenters. The van der Waals surface area contributed by atoms with Gasteiger partial charge in [0, 0.05) is 30.7 Å². The molecular formula is C23H28N2O6S. The van der Waals surface area contributed by atoms with Crippen LogP contribution in [0.5, 0.6) is 11.5 Å². The number of esters is 1. The standard InChI is InChI=1S/C23H28N2O6S/c26-19-14-17-13-18(24-31-16-21(28)25-8-11-32-12-9-25)7-5-3-1-2-4-6-10-30-23(29)22(17)20(27)15-19/h2,4-5,7,13-15,24,26-27H,1,3,6,8-12,16H2/b4-2?,7-5+,18-13-. The zero-order valence-corrected chi connectivity index (χ0v) is 18.6. The molecule has 3 N–H and O–H groups in total. The van der Waals surface area contributed by atoms with Gasteiger partial charge in [-0.25, -0.2) is 4.79 Å². The molecule has 0 radical (unpaired) electrons. The molecule has 0 aromatic heterocycles. The van der Waals surface area contributed by atoms with Gasteiger partial charge in [-0.1, -0.05) is 18.2 Å². The maximum Gasteiger partial charge on any atom is 0.342 e. The van der Waals surface area contributed by atoms with Gasteiger partial charge in [-0.05, 0) is 43.0 Å². The summed E-state index contributed by atoms with van der Waals surface area (Å²) in [6, 6.07) is 2.44. The molecule has 1 amide bonds. The maximum absolute atomic E-state index is 12.6. The Balaban J connectivity index is 1.80. The lowest BCUT2D eigenvalue weighted by atomic mass is 10.0. The topological polar surface area (TPSA) is 108 Å². The van der Waals surface area contributed by atoms with Gasteiger partial charge in [0.25, 0.3) is 5.91 Å². The number of carbonyl (C=O) groups is 2. The van der Waals surface area contributed by atoms with Crippen molar-refractivity contribution in [2.24, 2.45) is 0 Å². The highest BCUT2D eigenvalue weighted by Gasteiger charge is 2.19. The first kappa shape index (κ1) is 23.7. The predicted octanol–water partition coefficient (Wildman–Crippen LogP) is 2.99. The van der Waals surface area contributed by atoms with Crippen LogP contribution in [0.3, 0.4) is 0 Å². The Kier molecular flexibility index (Phi) is 9.06. The molecule has 0 spiro atoms. The number of aromatic hydroxyl groups is 2. The number of ether oxygens (including phenoxy) is 1. The molecular weight excluding hydrogens is 432 g/mol. The van der Waals surface area contributed by atoms with E-state index in [4.69, 9.17) is 9.57 Å². The van der Waals surface area contributed by atoms with Crippen molar-refractivity contribution in [3.63, 3.8) is 0 Å². The molecule has 2 aliphatic heterocycles. The van der Waals surface area contributed by atoms with Gasteiger partial charge in [-0.15, -0.1) is 0 Å². The Labute approximate surface area is 191 Å². The number of hydrogen-bond acceptors (Lipinski definition) is 8. The number of fused-ring (bicyclic) bond motifs is 1. The summed E-state index contributed by atoms with van der Waals surface area (Å²) >= 11 is 1.82. The molecule has 0 saturated carbocycles. The van der Waals surface area contributed by atoms with E-state index in [2.05, 4.69) is 5.48 Å². The van der Waals surface area contributed by atoms with Crippen LogP contribution >= 0.6 is 11.8 Å². The average Bonchev–Trinajstić information content (AvgIpc) is 2.77. The van der Waals surface area contributed by atoms with Crippen molar-refractivity contribution < 1.29 is 29.4 Å². The van der Waals surface area contributed by atoms with Crippen molar-refractivity contribution in [2.45, 2.75) is 19.3 Å². The van der Waals surface area contributed by atoms with E-state index in [0.717, 1.165) is 30.4 Å². The van der Waals surface area contributed by atoms with E-state index in [1.807, 2.05) is 30.0 Å². The number of hydrogen-bond donors (Lipinski definition) is 3. The van der Waals surface area contributed by atoms with Gasteiger partial charge in [-0.3, -0.25) is 15.1 Å². The third-order valence-electron chi connectivity index (χ3n) is 4.88. The molecule has 1 saturated heterocycles. The van der Waals surface area contributed by atoms with Crippen LogP contribution < -0.4 is 5.48 Å². The lowest BCUT2D eigenvalue weighted by Gasteiger charge is -2.26. The fourth-order valence-electron chi connectivity index (χ4n) is 3.26. The minimum atomic E-state index is -0.693. The number of phenols is 2. The molecule has 0 aliphatic carbocycles. The van der Waals surface area contributed by atoms with Crippen LogP contribution in [-0.4, -0.2) is 64.8 Å². The first-order valence-electron chi connectivity index (χ1n) is 10.5. The number of phenolic OH excluding ortho intramolecular Hbond substituents is 2. The van der Waals surface area contributed by atoms with Crippen molar-refractivity contribution >= 4 is 29.7 Å². The fraction of sp³-hybridized carbons (Fsp3) is 0.391. The molecule has 0 bridgehead atoms. The molecule has 0 atom stereocenters. The second-order valence-electron chi connectivity index (χ2n) is 7.29. The lowest BCUT2D eigenvalue weighted by molar-refractivity contribution is -0.137. The summed E-state index contributed by atoms with van der Waals surface area (Å²) in [5.41, 5.74) is 3.41. The van der Waals surface area contributed by atoms with Crippen molar-refractivity contribution in [1.82, 2.24) is 10.4 Å². The summed E-state index contributed by atoms with van der Waals surface area (Å²) in [6.45, 7) is 1.45. The number of benzene rings is 1. The minimum absolute atomic E-state index is 0.0570. The van der Waals surface area contributed by atoms with Crippen LogP contribution in [0.15, 0.2) is 42.1 Å². The highest BCUT2D eigenvalue weighted by atomic mass is 32.2. The Morgan fingerprint density at radius 3 is 2.69 bits per heavy atom. The number of hydroxylamine groups is 1. The number of rotatable bonds is 4. The number of cyclic esters (lactones) is 1. The summed E-state index contributed by atoms with van der Waals surface area (Å²) in [6.07, 6.45) is 11.4. The van der Waals surface area contributed by atoms with Crippen molar-refractivity contribution in [1.29, 1.82) is 0 Å². The summed E-state index contributed by atoms with van der Waals surface area (Å²) in [4.78, 5) is 32.1. The SMILES string of the molecule is O=C1OCCC=CCC/C=C/C(NOCC(=O)N2CCSCC2)=C/c2cc(O)cc(O)c21. The number of nitrogens with one attached hydrogen (secondary N) is 1. The van der Waals surface area contributed by atoms with Crippen molar-refractivity contribution in [3.8, 4) is 11.5 Å². The van der Waals surface area contributed by atoms with Crippen LogP contribution in [0, 0.1) is 0 Å². The van der Waals surface area contributed by atoms with E-state index in [9.17, 15) is 19.8 Å². The number of amides is 1. The molecule has 3 rings (SSSR count). The molecule has 32 heavy (non-hydrogen) atoms. The van der Waals surface area contributed by atoms with Crippen molar-refractivity contribution in [3.05, 3.63) is 53.3 Å². The second-order valence-corrected chi connectivity index (χ2v) is 8.51. The fourth-order valence-corrected chi connectivity index (χ4v) is 4.17. The minimum Gasteiger partial charge on any atom is -0.508 e. The lowest BCUT2D eigenvalue weighted by Crippen LogP contribution is -2.40. The smallest absolute Gasteiger partial charge is 0.342 e. The van der Waals surface area contributed by atoms with Crippen molar-refractivity contribution in [2.75, 3.05) is 37.8 Å². The second kappa shape index (κ2) is 12.2. The van der Waals surface area contributed by atoms with Gasteiger partial charge in [0.1, 0.15) is 17.1 Å². The first-order chi connectivity index (χ1) is 15.5. The summed E-state index contributed by atoms with van der Waals surface area (Å²) < 4.78 is 5.27. The summed E-state index contributed by atoms with van der Waals surface area (Å²) in [5.74, 6) is 0.459. The maximum atomic E-state index is 12.6. The average molecular weight is 461 g/mol. The third-order valence-corrected chi connectivity index (χ3v) is 5.82. The molecule has 2 aliphatic rings. The van der Waals surface area contributed by atoms with Crippen LogP contribution in [0.2, 0.25) is 0 Å². The molecule has 2 heterocycles. The number of nitrogens with zero attached hydrogens (tertiary/aromatic N) is 1. The van der Waals surface area contributed by atoms with E-state index in [1.54, 1.807) is 17.1 Å². The Bertz CT molecular complexity index is 906. The Morgan fingerprint density at radius 2 is 1.88 bits per heavy atom. The molecule has 1 aromatic carbocycles. The van der Waals surface area contributed by atoms with Crippen LogP contribution in [-0.2, 0) is 14.4 Å². The molecule has 9 heteroatoms. The summed E-state index contributed by atoms with van der Waals surface area (Å²) in [7, 11) is 0. The predicted molar refractivity (Wildman–Crippen MR) is 123 cm³/mol. The number of allylic oxidation sites excluding steroid dienone is 3.